The molecule has 0 radical (unpaired) electrons. The number of aryl methyl sites for hydroxylation is 1. The number of ether oxygens (including phenoxy) is 1. The predicted octanol–water partition coefficient (Wildman–Crippen LogP) is 3.23. The SMILES string of the molecule is Cc1cc(Oc2ccc(C(=O)N[C@@H](C)C(=O)N[C@@H](CC(=O)O)C(=O)O)cc2)ccc1N(CCCl)CCCl. The lowest BCUT2D eigenvalue weighted by Crippen LogP contribution is -2.50. The number of nitrogens with one attached hydrogen (secondary N) is 2. The van der Waals surface area contributed by atoms with Crippen LogP contribution in [-0.4, -0.2) is 70.9 Å². The Morgan fingerprint density at radius 1 is 0.946 bits per heavy atom. The number of carboxylic acid groups (broad SMARTS) is 2. The number of rotatable bonds is 14. The molecule has 2 rings (SSSR count). The predicted molar refractivity (Wildman–Crippen MR) is 140 cm³/mol. The van der Waals surface area contributed by atoms with E-state index in [1.807, 2.05) is 25.1 Å². The molecule has 12 heteroatoms. The molecular formula is C25H29Cl2N3O7. The first-order valence-corrected chi connectivity index (χ1v) is 12.4. The summed E-state index contributed by atoms with van der Waals surface area (Å²) in [5, 5.41) is 22.4. The van der Waals surface area contributed by atoms with Gasteiger partial charge in [-0.25, -0.2) is 4.79 Å². The van der Waals surface area contributed by atoms with Crippen LogP contribution < -0.4 is 20.3 Å². The van der Waals surface area contributed by atoms with E-state index in [0.29, 0.717) is 36.3 Å². The molecule has 0 aliphatic carbocycles. The Morgan fingerprint density at radius 3 is 2.05 bits per heavy atom. The lowest BCUT2D eigenvalue weighted by Gasteiger charge is -2.25. The Balaban J connectivity index is 2.00. The Morgan fingerprint density at radius 2 is 1.54 bits per heavy atom. The van der Waals surface area contributed by atoms with E-state index in [4.69, 9.17) is 38.2 Å². The maximum absolute atomic E-state index is 12.5. The topological polar surface area (TPSA) is 145 Å². The smallest absolute Gasteiger partial charge is 0.326 e. The van der Waals surface area contributed by atoms with Crippen LogP contribution in [0.25, 0.3) is 0 Å². The number of halogens is 2. The minimum absolute atomic E-state index is 0.247. The highest BCUT2D eigenvalue weighted by Gasteiger charge is 2.26. The standard InChI is InChI=1S/C25H29Cl2N3O7/c1-15-13-19(7-8-21(15)30(11-9-26)12-10-27)37-18-5-3-17(4-6-18)24(34)28-16(2)23(33)29-20(25(35)36)14-22(31)32/h3-8,13,16,20H,9-12,14H2,1-2H3,(H,28,34)(H,29,33)(H,31,32)(H,35,36)/t16-,20-/m0/s1. The van der Waals surface area contributed by atoms with E-state index >= 15 is 0 Å². The Kier molecular flexibility index (Phi) is 11.5. The Bertz CT molecular complexity index is 1110. The fraction of sp³-hybridized carbons (Fsp3) is 0.360. The number of carbonyl (C=O) groups excluding carboxylic acids is 2. The quantitative estimate of drug-likeness (QED) is 0.261. The van der Waals surface area contributed by atoms with Gasteiger partial charge in [0, 0.05) is 36.1 Å². The molecule has 0 saturated carbocycles. The summed E-state index contributed by atoms with van der Waals surface area (Å²) in [5.74, 6) is -2.21. The maximum atomic E-state index is 12.5. The molecule has 37 heavy (non-hydrogen) atoms. The zero-order valence-corrected chi connectivity index (χ0v) is 21.9. The van der Waals surface area contributed by atoms with Crippen molar-refractivity contribution in [3.8, 4) is 11.5 Å². The first-order chi connectivity index (χ1) is 17.5. The lowest BCUT2D eigenvalue weighted by molar-refractivity contribution is -0.147. The first-order valence-electron chi connectivity index (χ1n) is 11.4. The minimum Gasteiger partial charge on any atom is -0.481 e. The van der Waals surface area contributed by atoms with Gasteiger partial charge < -0.3 is 30.5 Å². The van der Waals surface area contributed by atoms with Crippen LogP contribution in [0, 0.1) is 6.92 Å². The molecule has 0 aromatic heterocycles. The second-order valence-electron chi connectivity index (χ2n) is 8.13. The molecule has 2 atom stereocenters. The van der Waals surface area contributed by atoms with E-state index in [1.54, 1.807) is 12.1 Å². The van der Waals surface area contributed by atoms with Gasteiger partial charge in [0.15, 0.2) is 0 Å². The molecule has 2 aromatic carbocycles. The fourth-order valence-electron chi connectivity index (χ4n) is 3.43. The summed E-state index contributed by atoms with van der Waals surface area (Å²) < 4.78 is 5.90. The summed E-state index contributed by atoms with van der Waals surface area (Å²) in [5.41, 5.74) is 2.25. The van der Waals surface area contributed by atoms with E-state index in [-0.39, 0.29) is 5.56 Å². The third kappa shape index (κ3) is 9.14. The van der Waals surface area contributed by atoms with Gasteiger partial charge in [0.05, 0.1) is 6.42 Å². The molecule has 4 N–H and O–H groups in total. The number of nitrogens with zero attached hydrogens (tertiary/aromatic N) is 1. The summed E-state index contributed by atoms with van der Waals surface area (Å²) in [6.45, 7) is 4.66. The van der Waals surface area contributed by atoms with Crippen molar-refractivity contribution in [2.75, 3.05) is 29.7 Å². The van der Waals surface area contributed by atoms with Crippen LogP contribution in [0.4, 0.5) is 5.69 Å². The van der Waals surface area contributed by atoms with Gasteiger partial charge in [-0.3, -0.25) is 14.4 Å². The number of benzene rings is 2. The zero-order chi connectivity index (χ0) is 27.5. The van der Waals surface area contributed by atoms with Crippen molar-refractivity contribution in [2.45, 2.75) is 32.4 Å². The van der Waals surface area contributed by atoms with Gasteiger partial charge in [0.25, 0.3) is 5.91 Å². The van der Waals surface area contributed by atoms with Crippen LogP contribution >= 0.6 is 23.2 Å². The third-order valence-electron chi connectivity index (χ3n) is 5.30. The summed E-state index contributed by atoms with van der Waals surface area (Å²) in [6.07, 6.45) is -0.787. The average Bonchev–Trinajstić information content (AvgIpc) is 2.83. The summed E-state index contributed by atoms with van der Waals surface area (Å²) in [4.78, 5) is 48.7. The van der Waals surface area contributed by atoms with Gasteiger partial charge in [-0.05, 0) is 61.9 Å². The highest BCUT2D eigenvalue weighted by Crippen LogP contribution is 2.28. The van der Waals surface area contributed by atoms with Gasteiger partial charge in [-0.1, -0.05) is 0 Å². The maximum Gasteiger partial charge on any atom is 0.326 e. The number of amides is 2. The number of alkyl halides is 2. The molecule has 0 unspecified atom stereocenters. The molecule has 0 saturated heterocycles. The number of carboxylic acids is 2. The molecule has 2 amide bonds. The van der Waals surface area contributed by atoms with E-state index in [2.05, 4.69) is 15.5 Å². The van der Waals surface area contributed by atoms with Gasteiger partial charge >= 0.3 is 11.9 Å². The number of anilines is 1. The van der Waals surface area contributed by atoms with Crippen molar-refractivity contribution in [3.05, 3.63) is 53.6 Å². The monoisotopic (exact) mass is 553 g/mol. The number of hydrogen-bond donors (Lipinski definition) is 4. The fourth-order valence-corrected chi connectivity index (χ4v) is 3.84. The molecule has 0 bridgehead atoms. The van der Waals surface area contributed by atoms with Crippen LogP contribution in [0.1, 0.15) is 29.3 Å². The van der Waals surface area contributed by atoms with Gasteiger partial charge in [-0.2, -0.15) is 0 Å². The van der Waals surface area contributed by atoms with Crippen LogP contribution in [0.2, 0.25) is 0 Å². The molecule has 0 aliphatic rings. The second-order valence-corrected chi connectivity index (χ2v) is 8.89. The van der Waals surface area contributed by atoms with E-state index in [9.17, 15) is 19.2 Å². The van der Waals surface area contributed by atoms with Crippen molar-refractivity contribution in [2.24, 2.45) is 0 Å². The van der Waals surface area contributed by atoms with Crippen molar-refractivity contribution in [1.82, 2.24) is 10.6 Å². The van der Waals surface area contributed by atoms with E-state index in [0.717, 1.165) is 11.3 Å². The third-order valence-corrected chi connectivity index (χ3v) is 5.64. The minimum atomic E-state index is -1.61. The van der Waals surface area contributed by atoms with Crippen molar-refractivity contribution >= 4 is 52.6 Å². The van der Waals surface area contributed by atoms with Crippen molar-refractivity contribution in [3.63, 3.8) is 0 Å². The molecule has 0 aliphatic heterocycles. The lowest BCUT2D eigenvalue weighted by atomic mass is 10.1. The first kappa shape index (κ1) is 29.7. The molecule has 2 aromatic rings. The largest absolute Gasteiger partial charge is 0.481 e. The Hall–Kier alpha value is -3.50. The van der Waals surface area contributed by atoms with Crippen molar-refractivity contribution in [1.29, 1.82) is 0 Å². The normalized spacial score (nSPS) is 12.2. The molecular weight excluding hydrogens is 525 g/mol. The highest BCUT2D eigenvalue weighted by atomic mass is 35.5. The summed E-state index contributed by atoms with van der Waals surface area (Å²) in [6, 6.07) is 9.18. The van der Waals surface area contributed by atoms with Crippen LogP contribution in [0.15, 0.2) is 42.5 Å². The van der Waals surface area contributed by atoms with E-state index < -0.39 is 42.3 Å². The van der Waals surface area contributed by atoms with Crippen molar-refractivity contribution < 1.29 is 34.1 Å². The van der Waals surface area contributed by atoms with Crippen LogP contribution in [-0.2, 0) is 14.4 Å². The van der Waals surface area contributed by atoms with E-state index in [1.165, 1.54) is 19.1 Å². The van der Waals surface area contributed by atoms with Crippen LogP contribution in [0.5, 0.6) is 11.5 Å². The average molecular weight is 554 g/mol. The highest BCUT2D eigenvalue weighted by molar-refractivity contribution is 6.18. The molecule has 0 fully saturated rings. The number of carbonyl (C=O) groups is 4. The van der Waals surface area contributed by atoms with Gasteiger partial charge in [-0.15, -0.1) is 23.2 Å². The van der Waals surface area contributed by atoms with Gasteiger partial charge in [0.1, 0.15) is 23.6 Å². The Labute approximate surface area is 224 Å². The molecule has 200 valence electrons. The van der Waals surface area contributed by atoms with Crippen LogP contribution in [0.3, 0.4) is 0 Å². The molecule has 10 nitrogen and oxygen atoms in total. The molecule has 0 spiro atoms. The van der Waals surface area contributed by atoms with Gasteiger partial charge in [0.2, 0.25) is 5.91 Å². The summed E-state index contributed by atoms with van der Waals surface area (Å²) >= 11 is 11.8. The zero-order valence-electron chi connectivity index (χ0n) is 20.4. The molecule has 0 heterocycles. The number of hydrogen-bond acceptors (Lipinski definition) is 6. The number of aliphatic carboxylic acids is 2. The second kappa shape index (κ2) is 14.3. The summed E-state index contributed by atoms with van der Waals surface area (Å²) in [7, 11) is 0.